The zero-order valence-corrected chi connectivity index (χ0v) is 13.4. The number of rotatable bonds is 7. The molecule has 0 radical (unpaired) electrons. The van der Waals surface area contributed by atoms with E-state index in [9.17, 15) is 8.96 Å². The van der Waals surface area contributed by atoms with Gasteiger partial charge in [0.25, 0.3) is 0 Å². The van der Waals surface area contributed by atoms with E-state index in [1.165, 1.54) is 26.4 Å². The first-order valence-electron chi connectivity index (χ1n) is 6.83. The molecule has 6 heteroatoms. The molecule has 0 heterocycles. The van der Waals surface area contributed by atoms with E-state index in [4.69, 9.17) is 9.05 Å². The summed E-state index contributed by atoms with van der Waals surface area (Å²) in [7, 11) is -0.722. The number of hydrogen-bond acceptors (Lipinski definition) is 4. The van der Waals surface area contributed by atoms with Gasteiger partial charge >= 0.3 is 7.60 Å². The van der Waals surface area contributed by atoms with Crippen molar-refractivity contribution in [2.45, 2.75) is 12.3 Å². The monoisotopic (exact) mass is 323 g/mol. The van der Waals surface area contributed by atoms with Crippen LogP contribution in [0.15, 0.2) is 54.6 Å². The van der Waals surface area contributed by atoms with Crippen molar-refractivity contribution < 1.29 is 18.0 Å². The van der Waals surface area contributed by atoms with Crippen LogP contribution in [0.25, 0.3) is 0 Å². The highest BCUT2D eigenvalue weighted by Crippen LogP contribution is 2.58. The van der Waals surface area contributed by atoms with E-state index in [2.05, 4.69) is 5.32 Å². The highest BCUT2D eigenvalue weighted by molar-refractivity contribution is 7.54. The Morgan fingerprint density at radius 2 is 1.64 bits per heavy atom. The maximum Gasteiger partial charge on any atom is 0.351 e. The first kappa shape index (κ1) is 16.8. The van der Waals surface area contributed by atoms with Gasteiger partial charge in [-0.05, 0) is 23.3 Å². The third-order valence-electron chi connectivity index (χ3n) is 3.35. The molecule has 0 aliphatic heterocycles. The fourth-order valence-corrected chi connectivity index (χ4v) is 3.58. The minimum Gasteiger partial charge on any atom is -0.311 e. The predicted molar refractivity (Wildman–Crippen MR) is 84.0 cm³/mol. The van der Waals surface area contributed by atoms with Crippen LogP contribution < -0.4 is 5.32 Å². The molecule has 4 nitrogen and oxygen atoms in total. The van der Waals surface area contributed by atoms with Crippen molar-refractivity contribution in [1.29, 1.82) is 0 Å². The van der Waals surface area contributed by atoms with Crippen molar-refractivity contribution >= 4 is 7.60 Å². The Morgan fingerprint density at radius 1 is 1.05 bits per heavy atom. The van der Waals surface area contributed by atoms with Gasteiger partial charge in [-0.15, -0.1) is 0 Å². The van der Waals surface area contributed by atoms with Crippen molar-refractivity contribution in [2.24, 2.45) is 0 Å². The van der Waals surface area contributed by atoms with Crippen LogP contribution in [0, 0.1) is 5.82 Å². The Morgan fingerprint density at radius 3 is 2.18 bits per heavy atom. The zero-order valence-electron chi connectivity index (χ0n) is 12.5. The third kappa shape index (κ3) is 4.02. The van der Waals surface area contributed by atoms with Crippen molar-refractivity contribution in [1.82, 2.24) is 5.32 Å². The fourth-order valence-electron chi connectivity index (χ4n) is 2.15. The quantitative estimate of drug-likeness (QED) is 0.779. The lowest BCUT2D eigenvalue weighted by atomic mass is 10.2. The Balaban J connectivity index is 2.25. The third-order valence-corrected chi connectivity index (χ3v) is 5.48. The topological polar surface area (TPSA) is 47.6 Å². The molecule has 2 aromatic rings. The summed E-state index contributed by atoms with van der Waals surface area (Å²) in [6, 6.07) is 15.5. The van der Waals surface area contributed by atoms with Gasteiger partial charge in [-0.3, -0.25) is 9.88 Å². The maximum atomic E-state index is 13.1. The molecular formula is C16H19FNO3P. The lowest BCUT2D eigenvalue weighted by Gasteiger charge is -2.25. The molecule has 1 atom stereocenters. The molecule has 118 valence electrons. The van der Waals surface area contributed by atoms with Crippen LogP contribution in [-0.2, 0) is 20.2 Å². The second-order valence-electron chi connectivity index (χ2n) is 4.73. The van der Waals surface area contributed by atoms with Crippen LogP contribution in [-0.4, -0.2) is 14.2 Å². The van der Waals surface area contributed by atoms with Crippen molar-refractivity contribution in [3.63, 3.8) is 0 Å². The van der Waals surface area contributed by atoms with Gasteiger partial charge in [-0.25, -0.2) is 4.39 Å². The summed E-state index contributed by atoms with van der Waals surface area (Å²) in [5, 5.41) is 3.18. The number of nitrogens with one attached hydrogen (secondary N) is 1. The summed E-state index contributed by atoms with van der Waals surface area (Å²) in [5.41, 5.74) is 1.68. The van der Waals surface area contributed by atoms with E-state index < -0.39 is 13.4 Å². The fraction of sp³-hybridized carbons (Fsp3) is 0.250. The molecule has 1 N–H and O–H groups in total. The van der Waals surface area contributed by atoms with Crippen LogP contribution in [0.5, 0.6) is 0 Å². The summed E-state index contributed by atoms with van der Waals surface area (Å²) in [6.45, 7) is 0.486. The molecule has 0 saturated carbocycles. The van der Waals surface area contributed by atoms with Gasteiger partial charge in [0.2, 0.25) is 0 Å². The van der Waals surface area contributed by atoms with Crippen molar-refractivity contribution in [3.05, 3.63) is 71.5 Å². The molecule has 0 bridgehead atoms. The van der Waals surface area contributed by atoms with Gasteiger partial charge in [-0.2, -0.15) is 0 Å². The normalized spacial score (nSPS) is 13.0. The molecule has 2 aromatic carbocycles. The number of hydrogen-bond donors (Lipinski definition) is 1. The van der Waals surface area contributed by atoms with Crippen LogP contribution in [0.2, 0.25) is 0 Å². The summed E-state index contributed by atoms with van der Waals surface area (Å²) in [4.78, 5) is 0. The largest absolute Gasteiger partial charge is 0.351 e. The highest BCUT2D eigenvalue weighted by Gasteiger charge is 2.35. The number of benzene rings is 2. The molecule has 0 aliphatic rings. The standard InChI is InChI=1S/C16H19FNO3P/c1-20-22(19,21-2)16(14-8-10-15(17)11-9-14)18-12-13-6-4-3-5-7-13/h3-11,16,18H,12H2,1-2H3/t16-/m1/s1. The Kier molecular flexibility index (Phi) is 5.86. The first-order chi connectivity index (χ1) is 10.6. The Hall–Kier alpha value is -1.52. The first-order valence-corrected chi connectivity index (χ1v) is 8.44. The Labute approximate surface area is 129 Å². The average Bonchev–Trinajstić information content (AvgIpc) is 2.57. The summed E-state index contributed by atoms with van der Waals surface area (Å²) >= 11 is 0. The van der Waals surface area contributed by atoms with Crippen molar-refractivity contribution in [2.75, 3.05) is 14.2 Å². The molecule has 0 saturated heterocycles. The van der Waals surface area contributed by atoms with Crippen LogP contribution >= 0.6 is 7.60 Å². The van der Waals surface area contributed by atoms with E-state index in [0.717, 1.165) is 5.56 Å². The van der Waals surface area contributed by atoms with Gasteiger partial charge in [-0.1, -0.05) is 42.5 Å². The summed E-state index contributed by atoms with van der Waals surface area (Å²) < 4.78 is 36.1. The minimum atomic E-state index is -3.40. The van der Waals surface area contributed by atoms with E-state index >= 15 is 0 Å². The van der Waals surface area contributed by atoms with E-state index in [0.29, 0.717) is 12.1 Å². The number of halogens is 1. The molecular weight excluding hydrogens is 304 g/mol. The zero-order chi connectivity index (χ0) is 16.0. The Bertz CT molecular complexity index is 626. The molecule has 0 aromatic heterocycles. The highest BCUT2D eigenvalue weighted by atomic mass is 31.2. The van der Waals surface area contributed by atoms with Gasteiger partial charge in [0.1, 0.15) is 11.6 Å². The molecule has 0 unspecified atom stereocenters. The van der Waals surface area contributed by atoms with Crippen LogP contribution in [0.3, 0.4) is 0 Å². The van der Waals surface area contributed by atoms with Gasteiger partial charge < -0.3 is 9.05 Å². The molecule has 2 rings (SSSR count). The SMILES string of the molecule is COP(=O)(OC)[C@@H](NCc1ccccc1)c1ccc(F)cc1. The predicted octanol–water partition coefficient (Wildman–Crippen LogP) is 4.10. The lowest BCUT2D eigenvalue weighted by Crippen LogP contribution is -2.22. The maximum absolute atomic E-state index is 13.1. The van der Waals surface area contributed by atoms with Crippen LogP contribution in [0.1, 0.15) is 16.9 Å². The van der Waals surface area contributed by atoms with Crippen molar-refractivity contribution in [3.8, 4) is 0 Å². The van der Waals surface area contributed by atoms with Gasteiger partial charge in [0.15, 0.2) is 0 Å². The average molecular weight is 323 g/mol. The summed E-state index contributed by atoms with van der Waals surface area (Å²) in [6.07, 6.45) is 0. The van der Waals surface area contributed by atoms with E-state index in [1.54, 1.807) is 12.1 Å². The smallest absolute Gasteiger partial charge is 0.311 e. The van der Waals surface area contributed by atoms with Crippen LogP contribution in [0.4, 0.5) is 4.39 Å². The van der Waals surface area contributed by atoms with Gasteiger partial charge in [0.05, 0.1) is 0 Å². The molecule has 0 amide bonds. The second kappa shape index (κ2) is 7.65. The molecule has 0 spiro atoms. The molecule has 0 aliphatic carbocycles. The van der Waals surface area contributed by atoms with Gasteiger partial charge in [0, 0.05) is 20.8 Å². The minimum absolute atomic E-state index is 0.352. The van der Waals surface area contributed by atoms with E-state index in [-0.39, 0.29) is 5.82 Å². The molecule has 0 fully saturated rings. The summed E-state index contributed by atoms with van der Waals surface area (Å²) in [5.74, 6) is -1.03. The second-order valence-corrected chi connectivity index (χ2v) is 7.05. The molecule has 22 heavy (non-hydrogen) atoms. The van der Waals surface area contributed by atoms with E-state index in [1.807, 2.05) is 30.3 Å². The lowest BCUT2D eigenvalue weighted by molar-refractivity contribution is 0.259.